The number of carbonyl (C=O) groups is 1. The number of thioether (sulfide) groups is 1. The van der Waals surface area contributed by atoms with Crippen LogP contribution in [-0.2, 0) is 25.4 Å². The van der Waals surface area contributed by atoms with Crippen molar-refractivity contribution in [2.24, 2.45) is 14.1 Å². The number of hydrogen-bond acceptors (Lipinski definition) is 9. The maximum Gasteiger partial charge on any atom is 0.332 e. The Morgan fingerprint density at radius 3 is 2.49 bits per heavy atom. The van der Waals surface area contributed by atoms with Gasteiger partial charge in [-0.1, -0.05) is 23.9 Å². The smallest absolute Gasteiger partial charge is 0.332 e. The molecule has 2 N–H and O–H groups in total. The molecule has 1 atom stereocenters. The van der Waals surface area contributed by atoms with Crippen LogP contribution < -0.4 is 22.5 Å². The van der Waals surface area contributed by atoms with Crippen molar-refractivity contribution < 1.29 is 13.9 Å². The Kier molecular flexibility index (Phi) is 7.48. The monoisotopic (exact) mass is 545 g/mol. The number of ether oxygens (including phenoxy) is 1. The molecule has 0 saturated heterocycles. The summed E-state index contributed by atoms with van der Waals surface area (Å²) in [6, 6.07) is 5.83. The zero-order chi connectivity index (χ0) is 27.0. The molecule has 0 fully saturated rings. The standard InChI is InChI=1S/C24H24FN5O5S2/c1-12(18(31)17-19(26)28(2)24(34)29(3)21(17)32)37-23-27-20-16(22(33)30(23)9-10-35-4)15(11-36-20)13-5-7-14(25)8-6-13/h5-8,11-12H,9-10,26H2,1-4H3/t12-/m1/s1. The lowest BCUT2D eigenvalue weighted by Gasteiger charge is -2.16. The minimum absolute atomic E-state index is 0.171. The van der Waals surface area contributed by atoms with Crippen LogP contribution in [0.3, 0.4) is 0 Å². The van der Waals surface area contributed by atoms with Gasteiger partial charge in [0.1, 0.15) is 22.0 Å². The highest BCUT2D eigenvalue weighted by molar-refractivity contribution is 8.00. The van der Waals surface area contributed by atoms with E-state index >= 15 is 0 Å². The first-order chi connectivity index (χ1) is 17.6. The van der Waals surface area contributed by atoms with Crippen LogP contribution in [0.4, 0.5) is 10.2 Å². The van der Waals surface area contributed by atoms with Crippen molar-refractivity contribution in [1.82, 2.24) is 18.7 Å². The molecule has 4 aromatic rings. The number of rotatable bonds is 8. The normalized spacial score (nSPS) is 12.2. The van der Waals surface area contributed by atoms with Gasteiger partial charge < -0.3 is 10.5 Å². The number of anilines is 1. The molecular weight excluding hydrogens is 521 g/mol. The van der Waals surface area contributed by atoms with Gasteiger partial charge in [-0.05, 0) is 24.6 Å². The number of nitrogens with zero attached hydrogens (tertiary/aromatic N) is 4. The highest BCUT2D eigenvalue weighted by Crippen LogP contribution is 2.33. The number of Topliss-reactive ketones (excluding diaryl/α,β-unsaturated/α-hetero) is 1. The number of ketones is 1. The number of halogens is 1. The number of fused-ring (bicyclic) bond motifs is 1. The van der Waals surface area contributed by atoms with Gasteiger partial charge in [-0.2, -0.15) is 0 Å². The number of nitrogens with two attached hydrogens (primary N) is 1. The summed E-state index contributed by atoms with van der Waals surface area (Å²) in [6.07, 6.45) is 0. The number of aromatic nitrogens is 4. The van der Waals surface area contributed by atoms with Crippen molar-refractivity contribution in [3.8, 4) is 11.1 Å². The summed E-state index contributed by atoms with van der Waals surface area (Å²) in [5.74, 6) is -1.21. The molecule has 4 rings (SSSR count). The van der Waals surface area contributed by atoms with E-state index in [0.717, 1.165) is 20.9 Å². The van der Waals surface area contributed by atoms with E-state index in [0.29, 0.717) is 21.3 Å². The minimum atomic E-state index is -0.859. The lowest BCUT2D eigenvalue weighted by Crippen LogP contribution is -2.42. The van der Waals surface area contributed by atoms with E-state index < -0.39 is 22.3 Å². The van der Waals surface area contributed by atoms with Crippen LogP contribution in [-0.4, -0.2) is 43.4 Å². The van der Waals surface area contributed by atoms with Crippen molar-refractivity contribution in [2.45, 2.75) is 23.9 Å². The van der Waals surface area contributed by atoms with Gasteiger partial charge in [0.15, 0.2) is 10.9 Å². The average Bonchev–Trinajstić information content (AvgIpc) is 3.30. The minimum Gasteiger partial charge on any atom is -0.384 e. The first-order valence-electron chi connectivity index (χ1n) is 11.1. The summed E-state index contributed by atoms with van der Waals surface area (Å²) >= 11 is 2.26. The molecule has 0 unspecified atom stereocenters. The molecule has 0 aliphatic heterocycles. The average molecular weight is 546 g/mol. The number of benzene rings is 1. The fourth-order valence-electron chi connectivity index (χ4n) is 3.82. The third-order valence-electron chi connectivity index (χ3n) is 5.94. The Morgan fingerprint density at radius 2 is 1.84 bits per heavy atom. The summed E-state index contributed by atoms with van der Waals surface area (Å²) in [6.45, 7) is 1.96. The summed E-state index contributed by atoms with van der Waals surface area (Å²) in [5, 5.41) is 1.57. The number of thiophene rings is 1. The summed E-state index contributed by atoms with van der Waals surface area (Å²) in [7, 11) is 4.15. The molecule has 0 radical (unpaired) electrons. The Morgan fingerprint density at radius 1 is 1.16 bits per heavy atom. The molecule has 0 aliphatic rings. The molecule has 0 spiro atoms. The lowest BCUT2D eigenvalue weighted by molar-refractivity contribution is 0.0992. The Balaban J connectivity index is 1.79. The molecule has 10 nitrogen and oxygen atoms in total. The molecule has 13 heteroatoms. The van der Waals surface area contributed by atoms with Gasteiger partial charge in [-0.25, -0.2) is 14.2 Å². The Hall–Kier alpha value is -3.55. The van der Waals surface area contributed by atoms with Gasteiger partial charge in [-0.15, -0.1) is 11.3 Å². The molecule has 37 heavy (non-hydrogen) atoms. The molecule has 0 amide bonds. The topological polar surface area (TPSA) is 131 Å². The zero-order valence-electron chi connectivity index (χ0n) is 20.5. The van der Waals surface area contributed by atoms with Gasteiger partial charge in [0, 0.05) is 32.1 Å². The number of carbonyl (C=O) groups excluding carboxylic acids is 1. The molecular formula is C24H24FN5O5S2. The highest BCUT2D eigenvalue weighted by Gasteiger charge is 2.27. The van der Waals surface area contributed by atoms with E-state index in [1.54, 1.807) is 24.4 Å². The van der Waals surface area contributed by atoms with E-state index in [1.165, 1.54) is 49.2 Å². The highest BCUT2D eigenvalue weighted by atomic mass is 32.2. The van der Waals surface area contributed by atoms with Crippen molar-refractivity contribution in [3.05, 3.63) is 72.2 Å². The summed E-state index contributed by atoms with van der Waals surface area (Å²) in [5.41, 5.74) is 5.20. The predicted molar refractivity (Wildman–Crippen MR) is 142 cm³/mol. The van der Waals surface area contributed by atoms with Crippen LogP contribution in [0.2, 0.25) is 0 Å². The van der Waals surface area contributed by atoms with E-state index in [9.17, 15) is 23.6 Å². The van der Waals surface area contributed by atoms with Gasteiger partial charge in [0.05, 0.1) is 23.8 Å². The first-order valence-corrected chi connectivity index (χ1v) is 12.9. The van der Waals surface area contributed by atoms with Crippen LogP contribution in [0.1, 0.15) is 17.3 Å². The van der Waals surface area contributed by atoms with E-state index in [-0.39, 0.29) is 41.1 Å². The fourth-order valence-corrected chi connectivity index (χ4v) is 5.81. The second kappa shape index (κ2) is 10.4. The van der Waals surface area contributed by atoms with Gasteiger partial charge in [0.25, 0.3) is 11.1 Å². The molecule has 1 aromatic carbocycles. The van der Waals surface area contributed by atoms with Gasteiger partial charge in [0.2, 0.25) is 0 Å². The van der Waals surface area contributed by atoms with Crippen LogP contribution in [0.25, 0.3) is 21.3 Å². The first kappa shape index (κ1) is 26.5. The maximum absolute atomic E-state index is 13.6. The van der Waals surface area contributed by atoms with Crippen LogP contribution in [0, 0.1) is 5.82 Å². The van der Waals surface area contributed by atoms with Crippen molar-refractivity contribution in [1.29, 1.82) is 0 Å². The maximum atomic E-state index is 13.6. The van der Waals surface area contributed by atoms with E-state index in [4.69, 9.17) is 10.5 Å². The predicted octanol–water partition coefficient (Wildman–Crippen LogP) is 2.25. The van der Waals surface area contributed by atoms with Crippen molar-refractivity contribution in [3.63, 3.8) is 0 Å². The molecule has 0 bridgehead atoms. The molecule has 194 valence electrons. The second-order valence-electron chi connectivity index (χ2n) is 8.27. The van der Waals surface area contributed by atoms with E-state index in [2.05, 4.69) is 4.98 Å². The zero-order valence-corrected chi connectivity index (χ0v) is 22.1. The molecule has 0 saturated carbocycles. The quantitative estimate of drug-likeness (QED) is 0.203. The largest absolute Gasteiger partial charge is 0.384 e. The van der Waals surface area contributed by atoms with E-state index in [1.807, 2.05) is 0 Å². The van der Waals surface area contributed by atoms with Gasteiger partial charge >= 0.3 is 5.69 Å². The summed E-state index contributed by atoms with van der Waals surface area (Å²) < 4.78 is 21.9. The van der Waals surface area contributed by atoms with Crippen molar-refractivity contribution >= 4 is 44.9 Å². The number of methoxy groups -OCH3 is 1. The fraction of sp³-hybridized carbons (Fsp3) is 0.292. The van der Waals surface area contributed by atoms with Crippen molar-refractivity contribution in [2.75, 3.05) is 19.5 Å². The SMILES string of the molecule is COCCn1c(S[C@H](C)C(=O)c2c(N)n(C)c(=O)n(C)c2=O)nc2scc(-c3ccc(F)cc3)c2c1=O. The number of nitrogen functional groups attached to an aromatic ring is 1. The van der Waals surface area contributed by atoms with Crippen LogP contribution in [0.5, 0.6) is 0 Å². The Labute approximate surface area is 218 Å². The third-order valence-corrected chi connectivity index (χ3v) is 7.90. The van der Waals surface area contributed by atoms with Gasteiger partial charge in [-0.3, -0.25) is 28.1 Å². The third kappa shape index (κ3) is 4.77. The van der Waals surface area contributed by atoms with Crippen LogP contribution in [0.15, 0.2) is 49.2 Å². The second-order valence-corrected chi connectivity index (χ2v) is 10.4. The summed E-state index contributed by atoms with van der Waals surface area (Å²) in [4.78, 5) is 56.8. The van der Waals surface area contributed by atoms with Crippen LogP contribution >= 0.6 is 23.1 Å². The Bertz CT molecular complexity index is 1690. The molecule has 0 aliphatic carbocycles. The molecule has 3 aromatic heterocycles. The molecule has 3 heterocycles. The lowest BCUT2D eigenvalue weighted by atomic mass is 10.1. The number of hydrogen-bond donors (Lipinski definition) is 1.